The molecule has 1 aromatic carbocycles. The van der Waals surface area contributed by atoms with Gasteiger partial charge in [0.25, 0.3) is 0 Å². The summed E-state index contributed by atoms with van der Waals surface area (Å²) in [6, 6.07) is 11.2. The topological polar surface area (TPSA) is 76.7 Å². The third kappa shape index (κ3) is 1.79. The number of hydrogen-bond acceptors (Lipinski definition) is 3. The van der Waals surface area contributed by atoms with E-state index < -0.39 is 0 Å². The first-order valence-corrected chi connectivity index (χ1v) is 6.57. The highest BCUT2D eigenvalue weighted by atomic mass is 16.1. The average molecular weight is 276 g/mol. The van der Waals surface area contributed by atoms with Crippen molar-refractivity contribution in [3.05, 3.63) is 65.3 Å². The summed E-state index contributed by atoms with van der Waals surface area (Å²) in [5.74, 6) is 0.766. The maximum Gasteiger partial charge on any atom is 0.248 e. The van der Waals surface area contributed by atoms with Gasteiger partial charge in [-0.15, -0.1) is 0 Å². The first-order valence-electron chi connectivity index (χ1n) is 6.57. The van der Waals surface area contributed by atoms with Gasteiger partial charge in [0.15, 0.2) is 0 Å². The lowest BCUT2D eigenvalue weighted by Crippen LogP contribution is -2.03. The highest BCUT2D eigenvalue weighted by Crippen LogP contribution is 2.24. The van der Waals surface area contributed by atoms with Gasteiger partial charge in [0.05, 0.1) is 5.52 Å². The van der Waals surface area contributed by atoms with E-state index >= 15 is 0 Å². The molecule has 0 aliphatic rings. The first-order chi connectivity index (χ1) is 10.2. The van der Waals surface area contributed by atoms with E-state index in [1.165, 1.54) is 0 Å². The van der Waals surface area contributed by atoms with Crippen molar-refractivity contribution in [3.8, 4) is 5.82 Å². The first kappa shape index (κ1) is 11.7. The molecule has 0 saturated heterocycles. The number of nitrogens with two attached hydrogens (primary N) is 1. The Labute approximate surface area is 119 Å². The summed E-state index contributed by atoms with van der Waals surface area (Å²) in [6.07, 6.45) is 5.39. The minimum Gasteiger partial charge on any atom is -0.398 e. The van der Waals surface area contributed by atoms with Crippen molar-refractivity contribution >= 4 is 27.4 Å². The molecule has 3 aromatic heterocycles. The molecule has 0 bridgehead atoms. The molecule has 0 aliphatic carbocycles. The fourth-order valence-electron chi connectivity index (χ4n) is 2.57. The van der Waals surface area contributed by atoms with Gasteiger partial charge in [-0.05, 0) is 18.2 Å². The molecule has 0 radical (unpaired) electrons. The van der Waals surface area contributed by atoms with E-state index in [0.29, 0.717) is 0 Å². The van der Waals surface area contributed by atoms with Crippen LogP contribution in [0.2, 0.25) is 0 Å². The van der Waals surface area contributed by atoms with E-state index in [9.17, 15) is 4.79 Å². The van der Waals surface area contributed by atoms with Gasteiger partial charge in [0.1, 0.15) is 5.82 Å². The van der Waals surface area contributed by atoms with Crippen LogP contribution in [0.15, 0.2) is 59.8 Å². The predicted molar refractivity (Wildman–Crippen MR) is 83.6 cm³/mol. The quantitative estimate of drug-likeness (QED) is 0.524. The van der Waals surface area contributed by atoms with Crippen molar-refractivity contribution in [1.29, 1.82) is 0 Å². The number of fused-ring (bicyclic) bond motifs is 2. The summed E-state index contributed by atoms with van der Waals surface area (Å²) < 4.78 is 1.93. The van der Waals surface area contributed by atoms with Gasteiger partial charge < -0.3 is 10.7 Å². The lowest BCUT2D eigenvalue weighted by atomic mass is 10.1. The minimum atomic E-state index is -0.115. The van der Waals surface area contributed by atoms with Crippen molar-refractivity contribution in [3.63, 3.8) is 0 Å². The van der Waals surface area contributed by atoms with Crippen LogP contribution in [-0.2, 0) is 0 Å². The Morgan fingerprint density at radius 1 is 1.14 bits per heavy atom. The largest absolute Gasteiger partial charge is 0.398 e. The predicted octanol–water partition coefficient (Wildman–Crippen LogP) is 2.45. The van der Waals surface area contributed by atoms with Crippen LogP contribution in [0, 0.1) is 0 Å². The summed E-state index contributed by atoms with van der Waals surface area (Å²) in [6.45, 7) is 0. The molecule has 5 heteroatoms. The molecule has 0 spiro atoms. The Balaban J connectivity index is 2.00. The number of nitrogen functional groups attached to an aromatic ring is 1. The molecule has 3 heterocycles. The molecule has 0 fully saturated rings. The third-order valence-electron chi connectivity index (χ3n) is 3.63. The molecular weight excluding hydrogens is 264 g/mol. The Morgan fingerprint density at radius 2 is 2.05 bits per heavy atom. The molecule has 102 valence electrons. The monoisotopic (exact) mass is 276 g/mol. The molecule has 0 saturated carbocycles. The zero-order valence-electron chi connectivity index (χ0n) is 11.1. The molecule has 0 aliphatic heterocycles. The second kappa shape index (κ2) is 4.21. The Kier molecular flexibility index (Phi) is 2.35. The number of anilines is 1. The van der Waals surface area contributed by atoms with Gasteiger partial charge >= 0.3 is 0 Å². The number of nitrogens with one attached hydrogen (secondary N) is 1. The molecule has 0 amide bonds. The Hall–Kier alpha value is -3.08. The van der Waals surface area contributed by atoms with E-state index in [4.69, 9.17) is 5.73 Å². The van der Waals surface area contributed by atoms with Crippen LogP contribution in [0.25, 0.3) is 27.5 Å². The summed E-state index contributed by atoms with van der Waals surface area (Å²) in [5.41, 5.74) is 7.53. The molecule has 5 nitrogen and oxygen atoms in total. The zero-order valence-corrected chi connectivity index (χ0v) is 11.1. The summed E-state index contributed by atoms with van der Waals surface area (Å²) in [5, 5.41) is 2.85. The number of aromatic amines is 1. The van der Waals surface area contributed by atoms with Crippen LogP contribution in [0.5, 0.6) is 0 Å². The van der Waals surface area contributed by atoms with Crippen molar-refractivity contribution in [2.24, 2.45) is 0 Å². The number of hydrogen-bond donors (Lipinski definition) is 2. The molecule has 21 heavy (non-hydrogen) atoms. The molecule has 4 rings (SSSR count). The van der Waals surface area contributed by atoms with Crippen LogP contribution in [0.1, 0.15) is 0 Å². The smallest absolute Gasteiger partial charge is 0.248 e. The Bertz CT molecular complexity index is 1030. The highest BCUT2D eigenvalue weighted by molar-refractivity contribution is 5.93. The fourth-order valence-corrected chi connectivity index (χ4v) is 2.57. The second-order valence-corrected chi connectivity index (χ2v) is 4.93. The van der Waals surface area contributed by atoms with Gasteiger partial charge in [-0.2, -0.15) is 0 Å². The lowest BCUT2D eigenvalue weighted by molar-refractivity contribution is 1.04. The van der Waals surface area contributed by atoms with Crippen molar-refractivity contribution in [1.82, 2.24) is 14.5 Å². The van der Waals surface area contributed by atoms with Gasteiger partial charge in [0, 0.05) is 46.5 Å². The van der Waals surface area contributed by atoms with E-state index in [-0.39, 0.29) is 5.56 Å². The van der Waals surface area contributed by atoms with E-state index in [1.807, 2.05) is 41.1 Å². The summed E-state index contributed by atoms with van der Waals surface area (Å²) in [7, 11) is 0. The number of H-pyrrole nitrogens is 1. The zero-order chi connectivity index (χ0) is 14.4. The molecule has 3 N–H and O–H groups in total. The normalized spacial score (nSPS) is 11.2. The molecule has 0 atom stereocenters. The van der Waals surface area contributed by atoms with Gasteiger partial charge in [-0.25, -0.2) is 4.98 Å². The van der Waals surface area contributed by atoms with E-state index in [1.54, 1.807) is 18.5 Å². The minimum absolute atomic E-state index is 0.115. The summed E-state index contributed by atoms with van der Waals surface area (Å²) in [4.78, 5) is 18.5. The van der Waals surface area contributed by atoms with Crippen LogP contribution >= 0.6 is 0 Å². The number of aromatic nitrogens is 3. The molecule has 4 aromatic rings. The molecule has 0 unspecified atom stereocenters. The van der Waals surface area contributed by atoms with E-state index in [0.717, 1.165) is 33.2 Å². The van der Waals surface area contributed by atoms with Crippen molar-refractivity contribution < 1.29 is 0 Å². The number of benzene rings is 1. The van der Waals surface area contributed by atoms with Crippen LogP contribution < -0.4 is 11.3 Å². The SMILES string of the molecule is Nc1cccc2cnc(-n3ccc4cc(=O)[nH]cc43)cc12. The third-order valence-corrected chi connectivity index (χ3v) is 3.63. The number of pyridine rings is 2. The summed E-state index contributed by atoms with van der Waals surface area (Å²) >= 11 is 0. The number of rotatable bonds is 1. The number of nitrogens with zero attached hydrogens (tertiary/aromatic N) is 2. The van der Waals surface area contributed by atoms with Crippen LogP contribution in [0.4, 0.5) is 5.69 Å². The van der Waals surface area contributed by atoms with Gasteiger partial charge in [-0.3, -0.25) is 9.36 Å². The maximum absolute atomic E-state index is 11.4. The van der Waals surface area contributed by atoms with Crippen LogP contribution in [0.3, 0.4) is 0 Å². The Morgan fingerprint density at radius 3 is 2.95 bits per heavy atom. The fraction of sp³-hybridized carbons (Fsp3) is 0. The lowest BCUT2D eigenvalue weighted by Gasteiger charge is -2.07. The second-order valence-electron chi connectivity index (χ2n) is 4.93. The van der Waals surface area contributed by atoms with Crippen LogP contribution in [-0.4, -0.2) is 14.5 Å². The average Bonchev–Trinajstić information content (AvgIpc) is 2.90. The van der Waals surface area contributed by atoms with Crippen molar-refractivity contribution in [2.75, 3.05) is 5.73 Å². The van der Waals surface area contributed by atoms with E-state index in [2.05, 4.69) is 9.97 Å². The van der Waals surface area contributed by atoms with Gasteiger partial charge in [0.2, 0.25) is 5.56 Å². The van der Waals surface area contributed by atoms with Gasteiger partial charge in [-0.1, -0.05) is 12.1 Å². The maximum atomic E-state index is 11.4. The standard InChI is InChI=1S/C16H12N4O/c17-13-3-1-2-11-8-18-15(7-12(11)13)20-5-4-10-6-16(21)19-9-14(10)20/h1-9H,17H2,(H,19,21). The van der Waals surface area contributed by atoms with Crippen molar-refractivity contribution in [2.45, 2.75) is 0 Å². The highest BCUT2D eigenvalue weighted by Gasteiger charge is 2.07. The molecular formula is C16H12N4O.